The average molecular weight is 305 g/mol. The highest BCUT2D eigenvalue weighted by Crippen LogP contribution is 2.27. The summed E-state index contributed by atoms with van der Waals surface area (Å²) in [6.45, 7) is 0. The molecule has 0 amide bonds. The summed E-state index contributed by atoms with van der Waals surface area (Å²) in [4.78, 5) is 4.16. The van der Waals surface area contributed by atoms with Gasteiger partial charge in [0, 0.05) is 11.8 Å². The molecule has 0 unspecified atom stereocenters. The number of hydrogen-bond acceptors (Lipinski definition) is 3. The lowest BCUT2D eigenvalue weighted by molar-refractivity contribution is 0.849. The van der Waals surface area contributed by atoms with Gasteiger partial charge >= 0.3 is 0 Å². The van der Waals surface area contributed by atoms with Gasteiger partial charge in [0.15, 0.2) is 5.82 Å². The summed E-state index contributed by atoms with van der Waals surface area (Å²) in [5, 5.41) is 4.99. The minimum atomic E-state index is 0.225. The molecule has 2 aromatic heterocycles. The first-order valence-corrected chi connectivity index (χ1v) is 6.63. The second kappa shape index (κ2) is 5.15. The summed E-state index contributed by atoms with van der Waals surface area (Å²) in [5.41, 5.74) is 7.74. The van der Waals surface area contributed by atoms with E-state index >= 15 is 0 Å². The van der Waals surface area contributed by atoms with Crippen LogP contribution >= 0.6 is 23.2 Å². The lowest BCUT2D eigenvalue weighted by atomic mass is 10.1. The summed E-state index contributed by atoms with van der Waals surface area (Å²) in [6.07, 6.45) is 3.59. The number of nitrogen functional groups attached to an aromatic ring is 1. The Balaban J connectivity index is 2.05. The van der Waals surface area contributed by atoms with Crippen molar-refractivity contribution in [2.45, 2.75) is 0 Å². The fraction of sp³-hybridized carbons (Fsp3) is 0. The van der Waals surface area contributed by atoms with Crippen LogP contribution in [0.25, 0.3) is 16.9 Å². The van der Waals surface area contributed by atoms with Crippen molar-refractivity contribution in [1.82, 2.24) is 14.8 Å². The second-order valence-electron chi connectivity index (χ2n) is 4.20. The van der Waals surface area contributed by atoms with Gasteiger partial charge in [-0.1, -0.05) is 53.5 Å². The Morgan fingerprint density at radius 2 is 1.75 bits per heavy atom. The van der Waals surface area contributed by atoms with Gasteiger partial charge < -0.3 is 5.73 Å². The number of halogens is 2. The maximum Gasteiger partial charge on any atom is 0.174 e. The van der Waals surface area contributed by atoms with Crippen LogP contribution in [0.5, 0.6) is 0 Å². The Morgan fingerprint density at radius 3 is 2.50 bits per heavy atom. The van der Waals surface area contributed by atoms with Gasteiger partial charge in [0.25, 0.3) is 0 Å². The molecule has 3 aromatic rings. The Kier molecular flexibility index (Phi) is 3.34. The minimum Gasteiger partial charge on any atom is -0.382 e. The van der Waals surface area contributed by atoms with E-state index in [4.69, 9.17) is 28.9 Å². The van der Waals surface area contributed by atoms with E-state index in [1.54, 1.807) is 16.9 Å². The van der Waals surface area contributed by atoms with Gasteiger partial charge in [0.2, 0.25) is 0 Å². The third kappa shape index (κ3) is 2.35. The predicted molar refractivity (Wildman–Crippen MR) is 81.2 cm³/mol. The second-order valence-corrected chi connectivity index (χ2v) is 5.01. The number of anilines is 1. The quantitative estimate of drug-likeness (QED) is 0.783. The van der Waals surface area contributed by atoms with Crippen molar-refractivity contribution in [3.05, 3.63) is 58.8 Å². The maximum absolute atomic E-state index is 6.13. The maximum atomic E-state index is 6.13. The lowest BCUT2D eigenvalue weighted by Gasteiger charge is -2.05. The monoisotopic (exact) mass is 304 g/mol. The topological polar surface area (TPSA) is 56.7 Å². The molecule has 0 aliphatic rings. The highest BCUT2D eigenvalue weighted by Gasteiger charge is 2.11. The number of nitrogens with zero attached hydrogens (tertiary/aromatic N) is 3. The fourth-order valence-electron chi connectivity index (χ4n) is 1.85. The predicted octanol–water partition coefficient (Wildman–Crippen LogP) is 3.82. The molecule has 0 saturated heterocycles. The standard InChI is InChI=1S/C14H10Cl2N4/c15-11-6-12(16)14(19-13(11)17)20-8-10(7-18-20)9-4-2-1-3-5-9/h1-8H,(H2,17,19). The molecule has 2 N–H and O–H groups in total. The first-order chi connectivity index (χ1) is 9.65. The van der Waals surface area contributed by atoms with E-state index in [0.717, 1.165) is 11.1 Å². The highest BCUT2D eigenvalue weighted by molar-refractivity contribution is 6.36. The van der Waals surface area contributed by atoms with Crippen molar-refractivity contribution in [3.8, 4) is 16.9 Å². The first kappa shape index (κ1) is 13.0. The van der Waals surface area contributed by atoms with Crippen molar-refractivity contribution in [3.63, 3.8) is 0 Å². The van der Waals surface area contributed by atoms with Gasteiger partial charge in [-0.15, -0.1) is 0 Å². The molecule has 0 aliphatic heterocycles. The van der Waals surface area contributed by atoms with Crippen LogP contribution in [0.2, 0.25) is 10.0 Å². The molecular weight excluding hydrogens is 295 g/mol. The van der Waals surface area contributed by atoms with Gasteiger partial charge in [-0.25, -0.2) is 9.67 Å². The molecule has 1 aromatic carbocycles. The van der Waals surface area contributed by atoms with Crippen LogP contribution in [0.4, 0.5) is 5.82 Å². The molecule has 0 bridgehead atoms. The largest absolute Gasteiger partial charge is 0.382 e. The molecule has 100 valence electrons. The summed E-state index contributed by atoms with van der Waals surface area (Å²) in [6, 6.07) is 11.5. The highest BCUT2D eigenvalue weighted by atomic mass is 35.5. The van der Waals surface area contributed by atoms with Crippen LogP contribution in [-0.4, -0.2) is 14.8 Å². The third-order valence-electron chi connectivity index (χ3n) is 2.84. The van der Waals surface area contributed by atoms with Gasteiger partial charge in [-0.05, 0) is 11.6 Å². The average Bonchev–Trinajstić information content (AvgIpc) is 2.93. The zero-order valence-corrected chi connectivity index (χ0v) is 11.8. The molecular formula is C14H10Cl2N4. The van der Waals surface area contributed by atoms with Crippen molar-refractivity contribution in [2.75, 3.05) is 5.73 Å². The van der Waals surface area contributed by atoms with E-state index in [1.807, 2.05) is 36.5 Å². The SMILES string of the molecule is Nc1nc(-n2cc(-c3ccccc3)cn2)c(Cl)cc1Cl. The Bertz CT molecular complexity index is 753. The molecule has 0 saturated carbocycles. The van der Waals surface area contributed by atoms with Crippen molar-refractivity contribution < 1.29 is 0 Å². The molecule has 0 radical (unpaired) electrons. The Hall–Kier alpha value is -2.04. The van der Waals surface area contributed by atoms with Gasteiger partial charge in [-0.3, -0.25) is 0 Å². The number of nitrogens with two attached hydrogens (primary N) is 1. The van der Waals surface area contributed by atoms with Crippen LogP contribution in [0.15, 0.2) is 48.8 Å². The molecule has 0 spiro atoms. The van der Waals surface area contributed by atoms with Crippen LogP contribution in [0, 0.1) is 0 Å². The van der Waals surface area contributed by atoms with E-state index in [2.05, 4.69) is 10.1 Å². The number of aromatic nitrogens is 3. The Labute approximate surface area is 125 Å². The number of benzene rings is 1. The summed E-state index contributed by atoms with van der Waals surface area (Å²) in [5.74, 6) is 0.679. The van der Waals surface area contributed by atoms with Crippen LogP contribution in [0.1, 0.15) is 0 Å². The smallest absolute Gasteiger partial charge is 0.174 e. The molecule has 0 atom stereocenters. The molecule has 4 nitrogen and oxygen atoms in total. The van der Waals surface area contributed by atoms with Gasteiger partial charge in [0.1, 0.15) is 5.82 Å². The number of rotatable bonds is 2. The zero-order valence-electron chi connectivity index (χ0n) is 10.3. The summed E-state index contributed by atoms with van der Waals surface area (Å²) >= 11 is 12.0. The molecule has 2 heterocycles. The molecule has 3 rings (SSSR count). The van der Waals surface area contributed by atoms with E-state index in [0.29, 0.717) is 15.9 Å². The summed E-state index contributed by atoms with van der Waals surface area (Å²) in [7, 11) is 0. The van der Waals surface area contributed by atoms with E-state index < -0.39 is 0 Å². The van der Waals surface area contributed by atoms with Crippen molar-refractivity contribution in [1.29, 1.82) is 0 Å². The van der Waals surface area contributed by atoms with E-state index in [1.165, 1.54) is 0 Å². The third-order valence-corrected chi connectivity index (χ3v) is 3.43. The van der Waals surface area contributed by atoms with Crippen LogP contribution in [-0.2, 0) is 0 Å². The van der Waals surface area contributed by atoms with Gasteiger partial charge in [0.05, 0.1) is 16.2 Å². The molecule has 0 fully saturated rings. The van der Waals surface area contributed by atoms with Crippen LogP contribution < -0.4 is 5.73 Å². The molecule has 20 heavy (non-hydrogen) atoms. The first-order valence-electron chi connectivity index (χ1n) is 5.87. The van der Waals surface area contributed by atoms with Crippen molar-refractivity contribution >= 4 is 29.0 Å². The Morgan fingerprint density at radius 1 is 1.00 bits per heavy atom. The number of hydrogen-bond donors (Lipinski definition) is 1. The van der Waals surface area contributed by atoms with E-state index in [-0.39, 0.29) is 5.82 Å². The van der Waals surface area contributed by atoms with E-state index in [9.17, 15) is 0 Å². The lowest BCUT2D eigenvalue weighted by Crippen LogP contribution is -2.02. The molecule has 6 heteroatoms. The fourth-order valence-corrected chi connectivity index (χ4v) is 2.29. The normalized spacial score (nSPS) is 10.7. The minimum absolute atomic E-state index is 0.225. The van der Waals surface area contributed by atoms with Crippen molar-refractivity contribution in [2.24, 2.45) is 0 Å². The zero-order chi connectivity index (χ0) is 14.1. The van der Waals surface area contributed by atoms with Gasteiger partial charge in [-0.2, -0.15) is 5.10 Å². The number of pyridine rings is 1. The summed E-state index contributed by atoms with van der Waals surface area (Å²) < 4.78 is 1.58. The van der Waals surface area contributed by atoms with Crippen LogP contribution in [0.3, 0.4) is 0 Å². The molecule has 0 aliphatic carbocycles.